The van der Waals surface area contributed by atoms with E-state index < -0.39 is 0 Å². The molecule has 3 heteroatoms. The molecule has 2 saturated heterocycles. The number of hydrogen-bond acceptors (Lipinski definition) is 2. The van der Waals surface area contributed by atoms with Crippen LogP contribution in [0.25, 0.3) is 0 Å². The molecule has 94 valence electrons. The maximum Gasteiger partial charge on any atom is 0.226 e. The molecule has 17 heavy (non-hydrogen) atoms. The molecule has 1 N–H and O–H groups in total. The van der Waals surface area contributed by atoms with E-state index in [-0.39, 0.29) is 5.92 Å². The first kappa shape index (κ1) is 11.3. The van der Waals surface area contributed by atoms with Gasteiger partial charge in [0.15, 0.2) is 0 Å². The Labute approximate surface area is 103 Å². The van der Waals surface area contributed by atoms with Crippen molar-refractivity contribution in [2.45, 2.75) is 38.1 Å². The molecule has 2 heterocycles. The summed E-state index contributed by atoms with van der Waals surface area (Å²) in [4.78, 5) is 14.5. The molecule has 3 aliphatic rings. The summed E-state index contributed by atoms with van der Waals surface area (Å²) in [6.45, 7) is 3.08. The highest BCUT2D eigenvalue weighted by Gasteiger charge is 2.38. The molecular weight excluding hydrogens is 212 g/mol. The zero-order valence-electron chi connectivity index (χ0n) is 10.4. The lowest BCUT2D eigenvalue weighted by Gasteiger charge is -2.24. The van der Waals surface area contributed by atoms with Crippen molar-refractivity contribution < 1.29 is 4.79 Å². The lowest BCUT2D eigenvalue weighted by molar-refractivity contribution is -0.134. The van der Waals surface area contributed by atoms with Crippen molar-refractivity contribution in [3.63, 3.8) is 0 Å². The third kappa shape index (κ3) is 2.25. The van der Waals surface area contributed by atoms with E-state index in [0.29, 0.717) is 17.9 Å². The molecule has 0 aromatic heterocycles. The average molecular weight is 234 g/mol. The van der Waals surface area contributed by atoms with Gasteiger partial charge in [-0.15, -0.1) is 0 Å². The van der Waals surface area contributed by atoms with Crippen molar-refractivity contribution in [1.29, 1.82) is 0 Å². The minimum Gasteiger partial charge on any atom is -0.341 e. The van der Waals surface area contributed by atoms with Crippen LogP contribution in [0.1, 0.15) is 32.1 Å². The van der Waals surface area contributed by atoms with Gasteiger partial charge in [-0.3, -0.25) is 4.79 Å². The second kappa shape index (κ2) is 4.81. The Morgan fingerprint density at radius 3 is 2.94 bits per heavy atom. The number of hydrogen-bond donors (Lipinski definition) is 1. The molecule has 0 saturated carbocycles. The smallest absolute Gasteiger partial charge is 0.226 e. The number of nitrogens with one attached hydrogen (secondary N) is 1. The highest BCUT2D eigenvalue weighted by Crippen LogP contribution is 2.28. The summed E-state index contributed by atoms with van der Waals surface area (Å²) >= 11 is 0. The van der Waals surface area contributed by atoms with Gasteiger partial charge in [0.25, 0.3) is 0 Å². The van der Waals surface area contributed by atoms with Crippen LogP contribution in [0.4, 0.5) is 0 Å². The van der Waals surface area contributed by atoms with E-state index in [2.05, 4.69) is 22.4 Å². The SMILES string of the molecule is O=C(C1CC=CCC1)N1C[C@@H]2CCCN[C@@H]2C1. The molecule has 0 aromatic carbocycles. The summed E-state index contributed by atoms with van der Waals surface area (Å²) in [5.41, 5.74) is 0. The van der Waals surface area contributed by atoms with Gasteiger partial charge in [-0.05, 0) is 44.6 Å². The van der Waals surface area contributed by atoms with Gasteiger partial charge >= 0.3 is 0 Å². The van der Waals surface area contributed by atoms with Crippen molar-refractivity contribution in [2.24, 2.45) is 11.8 Å². The van der Waals surface area contributed by atoms with Crippen molar-refractivity contribution in [1.82, 2.24) is 10.2 Å². The Bertz CT molecular complexity index is 312. The standard InChI is InChI=1S/C14H22N2O/c17-14(11-5-2-1-3-6-11)16-9-12-7-4-8-15-13(12)10-16/h1-2,11-13,15H,3-10H2/t11?,12-,13+/m0/s1. The van der Waals surface area contributed by atoms with Gasteiger partial charge in [0.2, 0.25) is 5.91 Å². The first-order valence-corrected chi connectivity index (χ1v) is 7.02. The van der Waals surface area contributed by atoms with Gasteiger partial charge in [-0.1, -0.05) is 12.2 Å². The van der Waals surface area contributed by atoms with Crippen LogP contribution < -0.4 is 5.32 Å². The summed E-state index contributed by atoms with van der Waals surface area (Å²) in [5.74, 6) is 1.39. The van der Waals surface area contributed by atoms with Crippen LogP contribution in [-0.2, 0) is 4.79 Å². The van der Waals surface area contributed by atoms with E-state index in [1.165, 1.54) is 12.8 Å². The Morgan fingerprint density at radius 1 is 1.24 bits per heavy atom. The summed E-state index contributed by atoms with van der Waals surface area (Å²) in [5, 5.41) is 3.56. The summed E-state index contributed by atoms with van der Waals surface area (Å²) in [7, 11) is 0. The van der Waals surface area contributed by atoms with Gasteiger partial charge in [0.05, 0.1) is 0 Å². The average Bonchev–Trinajstić information content (AvgIpc) is 2.82. The largest absolute Gasteiger partial charge is 0.341 e. The van der Waals surface area contributed by atoms with E-state index in [0.717, 1.165) is 38.9 Å². The van der Waals surface area contributed by atoms with E-state index >= 15 is 0 Å². The fourth-order valence-corrected chi connectivity index (χ4v) is 3.50. The fraction of sp³-hybridized carbons (Fsp3) is 0.786. The fourth-order valence-electron chi connectivity index (χ4n) is 3.50. The lowest BCUT2D eigenvalue weighted by atomic mass is 9.93. The van der Waals surface area contributed by atoms with Crippen LogP contribution in [0.2, 0.25) is 0 Å². The second-order valence-corrected chi connectivity index (χ2v) is 5.69. The molecule has 1 unspecified atom stereocenters. The molecule has 0 spiro atoms. The van der Waals surface area contributed by atoms with E-state index in [1.54, 1.807) is 0 Å². The van der Waals surface area contributed by atoms with Gasteiger partial charge in [0.1, 0.15) is 0 Å². The Hall–Kier alpha value is -0.830. The molecule has 1 aliphatic carbocycles. The number of nitrogens with zero attached hydrogens (tertiary/aromatic N) is 1. The van der Waals surface area contributed by atoms with Gasteiger partial charge in [0, 0.05) is 25.0 Å². The molecule has 3 rings (SSSR count). The predicted molar refractivity (Wildman–Crippen MR) is 67.6 cm³/mol. The van der Waals surface area contributed by atoms with Gasteiger partial charge in [-0.2, -0.15) is 0 Å². The first-order valence-electron chi connectivity index (χ1n) is 7.02. The zero-order valence-corrected chi connectivity index (χ0v) is 10.4. The quantitative estimate of drug-likeness (QED) is 0.698. The highest BCUT2D eigenvalue weighted by molar-refractivity contribution is 5.79. The van der Waals surface area contributed by atoms with Crippen LogP contribution in [0.3, 0.4) is 0 Å². The number of carbonyl (C=O) groups excluding carboxylic acids is 1. The topological polar surface area (TPSA) is 32.3 Å². The summed E-state index contributed by atoms with van der Waals surface area (Å²) < 4.78 is 0. The summed E-state index contributed by atoms with van der Waals surface area (Å²) in [6, 6.07) is 0.576. The van der Waals surface area contributed by atoms with E-state index in [4.69, 9.17) is 0 Å². The third-order valence-electron chi connectivity index (χ3n) is 4.53. The number of piperidine rings is 1. The zero-order chi connectivity index (χ0) is 11.7. The molecule has 1 amide bonds. The van der Waals surface area contributed by atoms with Crippen molar-refractivity contribution in [2.75, 3.05) is 19.6 Å². The maximum atomic E-state index is 12.4. The Kier molecular flexibility index (Phi) is 3.19. The molecule has 0 radical (unpaired) electrons. The van der Waals surface area contributed by atoms with Crippen molar-refractivity contribution in [3.05, 3.63) is 12.2 Å². The Morgan fingerprint density at radius 2 is 2.18 bits per heavy atom. The van der Waals surface area contributed by atoms with Crippen LogP contribution in [0.5, 0.6) is 0 Å². The van der Waals surface area contributed by atoms with Crippen LogP contribution in [0, 0.1) is 11.8 Å². The van der Waals surface area contributed by atoms with Gasteiger partial charge in [-0.25, -0.2) is 0 Å². The number of likely N-dealkylation sites (tertiary alicyclic amines) is 1. The second-order valence-electron chi connectivity index (χ2n) is 5.69. The minimum atomic E-state index is 0.264. The van der Waals surface area contributed by atoms with Gasteiger partial charge < -0.3 is 10.2 Å². The van der Waals surface area contributed by atoms with E-state index in [1.807, 2.05) is 0 Å². The number of carbonyl (C=O) groups is 1. The van der Waals surface area contributed by atoms with Crippen LogP contribution in [0.15, 0.2) is 12.2 Å². The molecule has 2 fully saturated rings. The minimum absolute atomic E-state index is 0.264. The normalized spacial score (nSPS) is 36.9. The molecule has 3 atom stereocenters. The molecular formula is C14H22N2O. The van der Waals surface area contributed by atoms with E-state index in [9.17, 15) is 4.79 Å². The van der Waals surface area contributed by atoms with Crippen LogP contribution >= 0.6 is 0 Å². The van der Waals surface area contributed by atoms with Crippen LogP contribution in [-0.4, -0.2) is 36.5 Å². The molecule has 2 aliphatic heterocycles. The number of allylic oxidation sites excluding steroid dienone is 2. The molecule has 3 nitrogen and oxygen atoms in total. The monoisotopic (exact) mass is 234 g/mol. The number of fused-ring (bicyclic) bond motifs is 1. The number of rotatable bonds is 1. The number of amides is 1. The van der Waals surface area contributed by atoms with Crippen molar-refractivity contribution in [3.8, 4) is 0 Å². The maximum absolute atomic E-state index is 12.4. The first-order chi connectivity index (χ1) is 8.34. The van der Waals surface area contributed by atoms with Crippen molar-refractivity contribution >= 4 is 5.91 Å². The highest BCUT2D eigenvalue weighted by atomic mass is 16.2. The predicted octanol–water partition coefficient (Wildman–Crippen LogP) is 1.55. The molecule has 0 bridgehead atoms. The molecule has 0 aromatic rings. The lowest BCUT2D eigenvalue weighted by Crippen LogP contribution is -2.41. The Balaban J connectivity index is 1.61. The summed E-state index contributed by atoms with van der Waals surface area (Å²) in [6.07, 6.45) is 10.0. The third-order valence-corrected chi connectivity index (χ3v) is 4.53.